The van der Waals surface area contributed by atoms with Crippen LogP contribution in [0.1, 0.15) is 0 Å². The van der Waals surface area contributed by atoms with Crippen molar-refractivity contribution in [3.05, 3.63) is 34.4 Å². The number of hydrogen-bond donors (Lipinski definition) is 0. The van der Waals surface area contributed by atoms with E-state index < -0.39 is 4.92 Å². The average molecular weight is 404 g/mol. The topological polar surface area (TPSA) is 106 Å². The van der Waals surface area contributed by atoms with E-state index in [9.17, 15) is 10.1 Å². The highest BCUT2D eigenvalue weighted by Crippen LogP contribution is 2.40. The number of nitro benzene ring substituents is 1. The standard InChI is InChI=1S/C17H20N6O4S/c24-23(25)14-3-1-13(2-4-14)19-20-16-15(21-5-9-26-10-6-21)18-17(28-16)22-7-11-27-12-8-22/h1-4H,5-12H2. The van der Waals surface area contributed by atoms with E-state index >= 15 is 0 Å². The maximum atomic E-state index is 10.8. The Morgan fingerprint density at radius 2 is 1.57 bits per heavy atom. The van der Waals surface area contributed by atoms with Crippen molar-refractivity contribution in [3.8, 4) is 0 Å². The van der Waals surface area contributed by atoms with Crippen molar-refractivity contribution in [1.29, 1.82) is 0 Å². The van der Waals surface area contributed by atoms with Gasteiger partial charge >= 0.3 is 0 Å². The van der Waals surface area contributed by atoms with E-state index in [0.29, 0.717) is 32.1 Å². The minimum Gasteiger partial charge on any atom is -0.378 e. The molecule has 2 fully saturated rings. The lowest BCUT2D eigenvalue weighted by molar-refractivity contribution is -0.384. The minimum atomic E-state index is -0.435. The molecule has 0 unspecified atom stereocenters. The molecule has 0 amide bonds. The van der Waals surface area contributed by atoms with E-state index in [1.807, 2.05) is 0 Å². The van der Waals surface area contributed by atoms with Crippen molar-refractivity contribution >= 4 is 38.7 Å². The molecule has 0 N–H and O–H groups in total. The van der Waals surface area contributed by atoms with Crippen LogP contribution in [0.3, 0.4) is 0 Å². The van der Waals surface area contributed by atoms with Gasteiger partial charge in [-0.2, -0.15) is 0 Å². The number of thiazole rings is 1. The number of azo groups is 1. The lowest BCUT2D eigenvalue weighted by Gasteiger charge is -2.28. The summed E-state index contributed by atoms with van der Waals surface area (Å²) in [6.07, 6.45) is 0. The molecule has 1 aromatic heterocycles. The maximum absolute atomic E-state index is 10.8. The third-order valence-corrected chi connectivity index (χ3v) is 5.48. The van der Waals surface area contributed by atoms with Crippen molar-refractivity contribution in [3.63, 3.8) is 0 Å². The SMILES string of the molecule is O=[N+]([O-])c1ccc(N=Nc2sc(N3CCOCC3)nc2N2CCOCC2)cc1. The van der Waals surface area contributed by atoms with Crippen LogP contribution in [0.25, 0.3) is 0 Å². The van der Waals surface area contributed by atoms with Crippen LogP contribution in [0.15, 0.2) is 34.5 Å². The van der Waals surface area contributed by atoms with Gasteiger partial charge in [-0.25, -0.2) is 4.98 Å². The Labute approximate surface area is 165 Å². The van der Waals surface area contributed by atoms with Gasteiger partial charge in [-0.1, -0.05) is 11.3 Å². The number of anilines is 2. The Morgan fingerprint density at radius 1 is 0.964 bits per heavy atom. The number of aromatic nitrogens is 1. The van der Waals surface area contributed by atoms with Crippen molar-refractivity contribution in [2.24, 2.45) is 10.2 Å². The number of morpholine rings is 2. The number of non-ortho nitro benzene ring substituents is 1. The molecule has 0 radical (unpaired) electrons. The minimum absolute atomic E-state index is 0.0281. The molecule has 2 aromatic rings. The van der Waals surface area contributed by atoms with Crippen molar-refractivity contribution in [1.82, 2.24) is 4.98 Å². The zero-order chi connectivity index (χ0) is 19.3. The lowest BCUT2D eigenvalue weighted by Crippen LogP contribution is -2.37. The molecule has 148 valence electrons. The van der Waals surface area contributed by atoms with Crippen molar-refractivity contribution in [2.75, 3.05) is 62.4 Å². The normalized spacial score (nSPS) is 18.0. The smallest absolute Gasteiger partial charge is 0.269 e. The van der Waals surface area contributed by atoms with Gasteiger partial charge in [0, 0.05) is 38.3 Å². The van der Waals surface area contributed by atoms with Crippen LogP contribution in [0.2, 0.25) is 0 Å². The molecule has 11 heteroatoms. The molecular weight excluding hydrogens is 384 g/mol. The first kappa shape index (κ1) is 18.7. The Kier molecular flexibility index (Phi) is 5.74. The summed E-state index contributed by atoms with van der Waals surface area (Å²) in [4.78, 5) is 19.5. The van der Waals surface area contributed by atoms with Gasteiger partial charge in [0.1, 0.15) is 0 Å². The summed E-state index contributed by atoms with van der Waals surface area (Å²) in [5, 5.41) is 21.1. The fourth-order valence-corrected chi connectivity index (χ4v) is 3.94. The summed E-state index contributed by atoms with van der Waals surface area (Å²) in [5.74, 6) is 0.806. The zero-order valence-corrected chi connectivity index (χ0v) is 16.0. The van der Waals surface area contributed by atoms with Crippen LogP contribution in [0.5, 0.6) is 0 Å². The molecule has 0 bridgehead atoms. The highest BCUT2D eigenvalue weighted by atomic mass is 32.1. The molecule has 28 heavy (non-hydrogen) atoms. The molecule has 0 saturated carbocycles. The van der Waals surface area contributed by atoms with E-state index in [1.165, 1.54) is 23.5 Å². The molecule has 4 rings (SSSR count). The number of hydrogen-bond acceptors (Lipinski definition) is 10. The summed E-state index contributed by atoms with van der Waals surface area (Å²) in [6, 6.07) is 6.01. The van der Waals surface area contributed by atoms with Crippen LogP contribution in [0.4, 0.5) is 27.3 Å². The molecule has 2 aliphatic heterocycles. The van der Waals surface area contributed by atoms with Gasteiger partial charge in [0.05, 0.1) is 37.0 Å². The third kappa shape index (κ3) is 4.26. The first-order valence-corrected chi connectivity index (χ1v) is 9.85. The molecule has 2 aliphatic rings. The Balaban J connectivity index is 1.59. The number of benzene rings is 1. The number of ether oxygens (including phenoxy) is 2. The van der Waals surface area contributed by atoms with Crippen LogP contribution in [0, 0.1) is 10.1 Å². The Hall–Kier alpha value is -2.63. The number of rotatable bonds is 5. The highest BCUT2D eigenvalue weighted by Gasteiger charge is 2.23. The molecule has 2 saturated heterocycles. The van der Waals surface area contributed by atoms with Crippen LogP contribution >= 0.6 is 11.3 Å². The van der Waals surface area contributed by atoms with Gasteiger partial charge in [-0.05, 0) is 12.1 Å². The first-order valence-electron chi connectivity index (χ1n) is 9.03. The Bertz CT molecular complexity index is 844. The molecule has 0 aliphatic carbocycles. The first-order chi connectivity index (χ1) is 13.7. The summed E-state index contributed by atoms with van der Waals surface area (Å²) in [6.45, 7) is 5.80. The summed E-state index contributed by atoms with van der Waals surface area (Å²) < 4.78 is 10.9. The van der Waals surface area contributed by atoms with E-state index in [2.05, 4.69) is 20.0 Å². The molecule has 3 heterocycles. The Morgan fingerprint density at radius 3 is 2.18 bits per heavy atom. The average Bonchev–Trinajstić information content (AvgIpc) is 3.18. The number of nitrogens with zero attached hydrogens (tertiary/aromatic N) is 6. The summed E-state index contributed by atoms with van der Waals surface area (Å²) in [7, 11) is 0. The second-order valence-electron chi connectivity index (χ2n) is 6.30. The van der Waals surface area contributed by atoms with Crippen LogP contribution in [-0.2, 0) is 9.47 Å². The van der Waals surface area contributed by atoms with Gasteiger partial charge in [0.2, 0.25) is 0 Å². The largest absolute Gasteiger partial charge is 0.378 e. The van der Waals surface area contributed by atoms with Crippen LogP contribution in [-0.4, -0.2) is 62.5 Å². The molecule has 10 nitrogen and oxygen atoms in total. The van der Waals surface area contributed by atoms with Crippen LogP contribution < -0.4 is 9.80 Å². The van der Waals surface area contributed by atoms with Gasteiger partial charge in [0.25, 0.3) is 5.69 Å². The van der Waals surface area contributed by atoms with E-state index in [4.69, 9.17) is 14.5 Å². The molecular formula is C17H20N6O4S. The van der Waals surface area contributed by atoms with E-state index in [0.717, 1.165) is 42.1 Å². The monoisotopic (exact) mass is 404 g/mol. The second-order valence-corrected chi connectivity index (χ2v) is 7.25. The van der Waals surface area contributed by atoms with Gasteiger partial charge < -0.3 is 19.3 Å². The maximum Gasteiger partial charge on any atom is 0.269 e. The quantitative estimate of drug-likeness (QED) is 0.428. The second kappa shape index (κ2) is 8.59. The van der Waals surface area contributed by atoms with Gasteiger partial charge in [-0.3, -0.25) is 10.1 Å². The van der Waals surface area contributed by atoms with E-state index in [-0.39, 0.29) is 5.69 Å². The summed E-state index contributed by atoms with van der Waals surface area (Å²) >= 11 is 1.50. The third-order valence-electron chi connectivity index (χ3n) is 4.49. The lowest BCUT2D eigenvalue weighted by atomic mass is 10.3. The predicted octanol–water partition coefficient (Wildman–Crippen LogP) is 3.14. The fraction of sp³-hybridized carbons (Fsp3) is 0.471. The van der Waals surface area contributed by atoms with Gasteiger partial charge in [0.15, 0.2) is 16.0 Å². The van der Waals surface area contributed by atoms with E-state index in [1.54, 1.807) is 12.1 Å². The predicted molar refractivity (Wildman–Crippen MR) is 105 cm³/mol. The fourth-order valence-electron chi connectivity index (χ4n) is 2.97. The molecule has 0 atom stereocenters. The summed E-state index contributed by atoms with van der Waals surface area (Å²) in [5.41, 5.74) is 0.584. The van der Waals surface area contributed by atoms with Crippen molar-refractivity contribution in [2.45, 2.75) is 0 Å². The van der Waals surface area contributed by atoms with Gasteiger partial charge in [-0.15, -0.1) is 10.2 Å². The number of nitro groups is 1. The molecule has 1 aromatic carbocycles. The molecule has 0 spiro atoms. The zero-order valence-electron chi connectivity index (χ0n) is 15.2. The highest BCUT2D eigenvalue weighted by molar-refractivity contribution is 7.19. The van der Waals surface area contributed by atoms with Crippen molar-refractivity contribution < 1.29 is 14.4 Å².